The summed E-state index contributed by atoms with van der Waals surface area (Å²) in [6.07, 6.45) is 0.223. The zero-order valence-electron chi connectivity index (χ0n) is 12.8. The number of hydrogen-bond acceptors (Lipinski definition) is 2. The van der Waals surface area contributed by atoms with Crippen LogP contribution in [-0.4, -0.2) is 18.7 Å². The molecule has 1 N–H and O–H groups in total. The van der Waals surface area contributed by atoms with Crippen molar-refractivity contribution in [3.63, 3.8) is 0 Å². The highest BCUT2D eigenvalue weighted by atomic mass is 35.5. The summed E-state index contributed by atoms with van der Waals surface area (Å²) in [5, 5.41) is 10.9. The first-order valence-electron chi connectivity index (χ1n) is 7.19. The molecule has 0 aliphatic rings. The summed E-state index contributed by atoms with van der Waals surface area (Å²) in [6.45, 7) is 5.02. The highest BCUT2D eigenvalue weighted by Crippen LogP contribution is 2.23. The summed E-state index contributed by atoms with van der Waals surface area (Å²) < 4.78 is 0. The molecule has 1 unspecified atom stereocenters. The predicted molar refractivity (Wildman–Crippen MR) is 90.2 cm³/mol. The maximum Gasteiger partial charge on any atom is 0.0806 e. The largest absolute Gasteiger partial charge is 0.388 e. The average Bonchev–Trinajstić information content (AvgIpc) is 2.45. The normalized spacial score (nSPS) is 12.2. The molecule has 1 atom stereocenters. The molecule has 0 saturated carbocycles. The van der Waals surface area contributed by atoms with E-state index in [4.69, 9.17) is 11.6 Å². The molecule has 21 heavy (non-hydrogen) atoms. The Kier molecular flexibility index (Phi) is 5.27. The van der Waals surface area contributed by atoms with Crippen molar-refractivity contribution < 1.29 is 5.11 Å². The lowest BCUT2D eigenvalue weighted by molar-refractivity contribution is 0.170. The van der Waals surface area contributed by atoms with Gasteiger partial charge in [0.25, 0.3) is 0 Å². The number of aliphatic hydroxyl groups excluding tert-OH is 1. The lowest BCUT2D eigenvalue weighted by atomic mass is 10.1. The van der Waals surface area contributed by atoms with Crippen LogP contribution in [0.4, 0.5) is 5.69 Å². The van der Waals surface area contributed by atoms with Crippen LogP contribution in [0.1, 0.15) is 29.2 Å². The summed E-state index contributed by atoms with van der Waals surface area (Å²) >= 11 is 5.86. The van der Waals surface area contributed by atoms with Crippen LogP contribution in [0.5, 0.6) is 0 Å². The van der Waals surface area contributed by atoms with Gasteiger partial charge in [0.05, 0.1) is 6.10 Å². The lowest BCUT2D eigenvalue weighted by Gasteiger charge is -2.23. The van der Waals surface area contributed by atoms with Crippen molar-refractivity contribution in [2.45, 2.75) is 26.4 Å². The monoisotopic (exact) mass is 303 g/mol. The van der Waals surface area contributed by atoms with E-state index in [1.807, 2.05) is 24.3 Å². The molecule has 0 bridgehead atoms. The van der Waals surface area contributed by atoms with E-state index in [1.165, 1.54) is 16.8 Å². The highest BCUT2D eigenvalue weighted by Gasteiger charge is 2.10. The van der Waals surface area contributed by atoms with E-state index in [-0.39, 0.29) is 0 Å². The zero-order valence-corrected chi connectivity index (χ0v) is 13.6. The van der Waals surface area contributed by atoms with E-state index in [0.717, 1.165) is 12.1 Å². The molecular formula is C18H22ClNO. The van der Waals surface area contributed by atoms with Crippen LogP contribution in [0.25, 0.3) is 0 Å². The maximum atomic E-state index is 10.3. The number of benzene rings is 2. The fourth-order valence-corrected chi connectivity index (χ4v) is 2.65. The summed E-state index contributed by atoms with van der Waals surface area (Å²) in [4.78, 5) is 2.19. The van der Waals surface area contributed by atoms with Crippen molar-refractivity contribution in [1.82, 2.24) is 0 Å². The molecule has 112 valence electrons. The molecule has 0 saturated heterocycles. The van der Waals surface area contributed by atoms with E-state index in [2.05, 4.69) is 44.0 Å². The minimum atomic E-state index is -0.463. The predicted octanol–water partition coefficient (Wildman–Crippen LogP) is 4.52. The Hall–Kier alpha value is -1.51. The summed E-state index contributed by atoms with van der Waals surface area (Å²) in [5.74, 6) is 0. The van der Waals surface area contributed by atoms with Crippen LogP contribution in [0, 0.1) is 13.8 Å². The Morgan fingerprint density at radius 3 is 2.38 bits per heavy atom. The SMILES string of the molecule is Cc1ccc(N(C)CCC(O)c2ccc(Cl)cc2)c(C)c1. The number of aryl methyl sites for hydroxylation is 2. The van der Waals surface area contributed by atoms with Gasteiger partial charge in [-0.25, -0.2) is 0 Å². The number of halogens is 1. The van der Waals surface area contributed by atoms with Gasteiger partial charge in [0.15, 0.2) is 0 Å². The second kappa shape index (κ2) is 6.97. The Morgan fingerprint density at radius 1 is 1.10 bits per heavy atom. The first-order valence-corrected chi connectivity index (χ1v) is 7.57. The van der Waals surface area contributed by atoms with Crippen molar-refractivity contribution in [3.05, 3.63) is 64.2 Å². The van der Waals surface area contributed by atoms with Gasteiger partial charge in [0, 0.05) is 24.3 Å². The fraction of sp³-hybridized carbons (Fsp3) is 0.333. The summed E-state index contributed by atoms with van der Waals surface area (Å²) in [6, 6.07) is 13.8. The van der Waals surface area contributed by atoms with Gasteiger partial charge in [0.1, 0.15) is 0 Å². The number of nitrogens with zero attached hydrogens (tertiary/aromatic N) is 1. The third-order valence-electron chi connectivity index (χ3n) is 3.76. The van der Waals surface area contributed by atoms with Gasteiger partial charge >= 0.3 is 0 Å². The van der Waals surface area contributed by atoms with E-state index >= 15 is 0 Å². The van der Waals surface area contributed by atoms with Gasteiger partial charge in [-0.15, -0.1) is 0 Å². The Labute approximate surface area is 132 Å². The van der Waals surface area contributed by atoms with Crippen molar-refractivity contribution >= 4 is 17.3 Å². The van der Waals surface area contributed by atoms with Gasteiger partial charge in [0.2, 0.25) is 0 Å². The van der Waals surface area contributed by atoms with Crippen LogP contribution >= 0.6 is 11.6 Å². The molecular weight excluding hydrogens is 282 g/mol. The molecule has 0 fully saturated rings. The quantitative estimate of drug-likeness (QED) is 0.878. The second-order valence-corrected chi connectivity index (χ2v) is 6.00. The Bertz CT molecular complexity index is 595. The highest BCUT2D eigenvalue weighted by molar-refractivity contribution is 6.30. The van der Waals surface area contributed by atoms with Crippen molar-refractivity contribution in [2.75, 3.05) is 18.5 Å². The van der Waals surface area contributed by atoms with E-state index in [9.17, 15) is 5.11 Å². The van der Waals surface area contributed by atoms with Crippen molar-refractivity contribution in [3.8, 4) is 0 Å². The summed E-state index contributed by atoms with van der Waals surface area (Å²) in [7, 11) is 2.06. The molecule has 0 aliphatic carbocycles. The minimum Gasteiger partial charge on any atom is -0.388 e. The fourth-order valence-electron chi connectivity index (χ4n) is 2.52. The van der Waals surface area contributed by atoms with Crippen molar-refractivity contribution in [1.29, 1.82) is 0 Å². The van der Waals surface area contributed by atoms with Gasteiger partial charge < -0.3 is 10.0 Å². The molecule has 3 heteroatoms. The Morgan fingerprint density at radius 2 is 1.76 bits per heavy atom. The van der Waals surface area contributed by atoms with E-state index in [1.54, 1.807) is 0 Å². The van der Waals surface area contributed by atoms with Crippen molar-refractivity contribution in [2.24, 2.45) is 0 Å². The molecule has 0 spiro atoms. The van der Waals surface area contributed by atoms with Crippen LogP contribution in [0.15, 0.2) is 42.5 Å². The molecule has 0 radical (unpaired) electrons. The smallest absolute Gasteiger partial charge is 0.0806 e. The standard InChI is InChI=1S/C18H22ClNO/c1-13-4-9-17(14(2)12-13)20(3)11-10-18(21)15-5-7-16(19)8-6-15/h4-9,12,18,21H,10-11H2,1-3H3. The van der Waals surface area contributed by atoms with Gasteiger partial charge in [-0.05, 0) is 49.6 Å². The minimum absolute atomic E-state index is 0.463. The third kappa shape index (κ3) is 4.23. The molecule has 0 aliphatic heterocycles. The van der Waals surface area contributed by atoms with E-state index in [0.29, 0.717) is 11.4 Å². The molecule has 0 heterocycles. The molecule has 2 nitrogen and oxygen atoms in total. The van der Waals surface area contributed by atoms with Crippen LogP contribution < -0.4 is 4.90 Å². The van der Waals surface area contributed by atoms with Gasteiger partial charge in [-0.3, -0.25) is 0 Å². The van der Waals surface area contributed by atoms with Crippen LogP contribution in [0.2, 0.25) is 5.02 Å². The second-order valence-electron chi connectivity index (χ2n) is 5.57. The zero-order chi connectivity index (χ0) is 15.4. The first-order chi connectivity index (χ1) is 9.97. The van der Waals surface area contributed by atoms with Crippen LogP contribution in [0.3, 0.4) is 0 Å². The molecule has 0 aromatic heterocycles. The number of anilines is 1. The van der Waals surface area contributed by atoms with Crippen LogP contribution in [-0.2, 0) is 0 Å². The summed E-state index contributed by atoms with van der Waals surface area (Å²) in [5.41, 5.74) is 4.65. The lowest BCUT2D eigenvalue weighted by Crippen LogP contribution is -2.21. The molecule has 2 rings (SSSR count). The average molecular weight is 304 g/mol. The number of rotatable bonds is 5. The molecule has 2 aromatic rings. The number of aliphatic hydroxyl groups is 1. The number of hydrogen-bond donors (Lipinski definition) is 1. The molecule has 2 aromatic carbocycles. The first kappa shape index (κ1) is 15.9. The van der Waals surface area contributed by atoms with E-state index < -0.39 is 6.10 Å². The third-order valence-corrected chi connectivity index (χ3v) is 4.01. The molecule has 0 amide bonds. The van der Waals surface area contributed by atoms with Gasteiger partial charge in [-0.1, -0.05) is 41.4 Å². The Balaban J connectivity index is 1.97. The van der Waals surface area contributed by atoms with Gasteiger partial charge in [-0.2, -0.15) is 0 Å². The maximum absolute atomic E-state index is 10.3. The topological polar surface area (TPSA) is 23.5 Å².